The van der Waals surface area contributed by atoms with Crippen molar-refractivity contribution in [1.82, 2.24) is 4.90 Å². The number of allylic oxidation sites excluding steroid dienone is 2. The first-order chi connectivity index (χ1) is 10.8. The maximum absolute atomic E-state index is 12.4. The van der Waals surface area contributed by atoms with Crippen LogP contribution < -0.4 is 4.74 Å². The number of amides is 1. The van der Waals surface area contributed by atoms with Crippen molar-refractivity contribution in [2.75, 3.05) is 0 Å². The van der Waals surface area contributed by atoms with E-state index in [1.54, 1.807) is 23.2 Å². The van der Waals surface area contributed by atoms with Crippen LogP contribution in [0, 0.1) is 0 Å². The number of ether oxygens (including phenoxy) is 1. The summed E-state index contributed by atoms with van der Waals surface area (Å²) in [6, 6.07) is 19.2. The molecule has 0 fully saturated rings. The molecular formula is C19H17NO2. The van der Waals surface area contributed by atoms with E-state index in [1.807, 2.05) is 54.6 Å². The quantitative estimate of drug-likeness (QED) is 0.849. The maximum Gasteiger partial charge on any atom is 0.419 e. The van der Waals surface area contributed by atoms with Gasteiger partial charge in [-0.3, -0.25) is 4.90 Å². The van der Waals surface area contributed by atoms with Gasteiger partial charge in [0, 0.05) is 6.20 Å². The highest BCUT2D eigenvalue weighted by molar-refractivity contribution is 5.73. The van der Waals surface area contributed by atoms with Crippen LogP contribution in [0.25, 0.3) is 0 Å². The van der Waals surface area contributed by atoms with E-state index in [0.717, 1.165) is 6.42 Å². The summed E-state index contributed by atoms with van der Waals surface area (Å²) in [6.07, 6.45) is 7.96. The molecule has 0 radical (unpaired) electrons. The van der Waals surface area contributed by atoms with Gasteiger partial charge in [-0.2, -0.15) is 0 Å². The fourth-order valence-electron chi connectivity index (χ4n) is 2.40. The highest BCUT2D eigenvalue weighted by Gasteiger charge is 2.23. The Morgan fingerprint density at radius 3 is 2.36 bits per heavy atom. The van der Waals surface area contributed by atoms with E-state index in [4.69, 9.17) is 4.74 Å². The molecule has 0 saturated heterocycles. The van der Waals surface area contributed by atoms with Crippen molar-refractivity contribution in [1.29, 1.82) is 0 Å². The summed E-state index contributed by atoms with van der Waals surface area (Å²) in [5, 5.41) is 0. The predicted octanol–water partition coefficient (Wildman–Crippen LogP) is 4.18. The van der Waals surface area contributed by atoms with Crippen LogP contribution in [0.15, 0.2) is 85.1 Å². The number of rotatable bonds is 3. The molecule has 3 heteroatoms. The second-order valence-electron chi connectivity index (χ2n) is 5.07. The molecule has 0 bridgehead atoms. The molecule has 0 spiro atoms. The molecule has 0 N–H and O–H groups in total. The number of carbonyl (C=O) groups excluding carboxylic acids is 1. The molecular weight excluding hydrogens is 274 g/mol. The van der Waals surface area contributed by atoms with E-state index < -0.39 is 0 Å². The molecule has 22 heavy (non-hydrogen) atoms. The summed E-state index contributed by atoms with van der Waals surface area (Å²) in [5.74, 6) is 0.550. The van der Waals surface area contributed by atoms with Gasteiger partial charge in [-0.1, -0.05) is 60.7 Å². The summed E-state index contributed by atoms with van der Waals surface area (Å²) >= 11 is 0. The summed E-state index contributed by atoms with van der Waals surface area (Å²) in [5.41, 5.74) is 1.19. The van der Waals surface area contributed by atoms with E-state index in [9.17, 15) is 4.79 Å². The molecule has 1 unspecified atom stereocenters. The largest absolute Gasteiger partial charge is 0.419 e. The number of carbonyl (C=O) groups is 1. The lowest BCUT2D eigenvalue weighted by molar-refractivity contribution is 0.161. The van der Waals surface area contributed by atoms with Gasteiger partial charge in [-0.15, -0.1) is 0 Å². The minimum absolute atomic E-state index is 0.0383. The third-order valence-electron chi connectivity index (χ3n) is 3.50. The molecule has 3 nitrogen and oxygen atoms in total. The monoisotopic (exact) mass is 291 g/mol. The standard InChI is InChI=1S/C19H17NO2/c21-19(22-18-12-5-2-6-13-18)20-14-8-7-11-17(20)15-16-9-3-1-4-10-16/h1-14,17H,15H2. The smallest absolute Gasteiger partial charge is 0.410 e. The zero-order valence-corrected chi connectivity index (χ0v) is 12.1. The number of hydrogen-bond acceptors (Lipinski definition) is 2. The van der Waals surface area contributed by atoms with Crippen LogP contribution in [0.3, 0.4) is 0 Å². The third kappa shape index (κ3) is 3.44. The van der Waals surface area contributed by atoms with Gasteiger partial charge in [0.1, 0.15) is 5.75 Å². The topological polar surface area (TPSA) is 29.5 Å². The first kappa shape index (κ1) is 14.1. The highest BCUT2D eigenvalue weighted by Crippen LogP contribution is 2.17. The fraction of sp³-hybridized carbons (Fsp3) is 0.105. The van der Waals surface area contributed by atoms with Crippen molar-refractivity contribution in [3.63, 3.8) is 0 Å². The van der Waals surface area contributed by atoms with E-state index in [-0.39, 0.29) is 12.1 Å². The van der Waals surface area contributed by atoms with Crippen LogP contribution in [-0.4, -0.2) is 17.0 Å². The Bertz CT molecular complexity index is 677. The number of hydrogen-bond donors (Lipinski definition) is 0. The minimum Gasteiger partial charge on any atom is -0.410 e. The number of benzene rings is 2. The Morgan fingerprint density at radius 1 is 0.955 bits per heavy atom. The third-order valence-corrected chi connectivity index (χ3v) is 3.50. The van der Waals surface area contributed by atoms with Gasteiger partial charge in [0.15, 0.2) is 0 Å². The van der Waals surface area contributed by atoms with Crippen molar-refractivity contribution in [3.8, 4) is 5.75 Å². The van der Waals surface area contributed by atoms with Crippen LogP contribution in [0.5, 0.6) is 5.75 Å². The van der Waals surface area contributed by atoms with Crippen LogP contribution in [0.4, 0.5) is 4.79 Å². The average Bonchev–Trinajstić information content (AvgIpc) is 2.57. The molecule has 1 aliphatic rings. The molecule has 0 aliphatic carbocycles. The lowest BCUT2D eigenvalue weighted by Gasteiger charge is -2.27. The Labute approximate surface area is 130 Å². The predicted molar refractivity (Wildman–Crippen MR) is 86.5 cm³/mol. The van der Waals surface area contributed by atoms with Crippen LogP contribution in [-0.2, 0) is 6.42 Å². The average molecular weight is 291 g/mol. The summed E-state index contributed by atoms with van der Waals surface area (Å²) in [6.45, 7) is 0. The molecule has 1 heterocycles. The van der Waals surface area contributed by atoms with Gasteiger partial charge < -0.3 is 4.74 Å². The Morgan fingerprint density at radius 2 is 1.64 bits per heavy atom. The molecule has 2 aromatic carbocycles. The molecule has 0 aromatic heterocycles. The van der Waals surface area contributed by atoms with Crippen molar-refractivity contribution in [2.45, 2.75) is 12.5 Å². The maximum atomic E-state index is 12.4. The van der Waals surface area contributed by atoms with Crippen molar-refractivity contribution < 1.29 is 9.53 Å². The van der Waals surface area contributed by atoms with Gasteiger partial charge in [-0.05, 0) is 30.2 Å². The number of nitrogens with zero attached hydrogens (tertiary/aromatic N) is 1. The fourth-order valence-corrected chi connectivity index (χ4v) is 2.40. The Hall–Kier alpha value is -2.81. The zero-order valence-electron chi connectivity index (χ0n) is 12.1. The molecule has 0 saturated carbocycles. The molecule has 3 rings (SSSR count). The second-order valence-corrected chi connectivity index (χ2v) is 5.07. The highest BCUT2D eigenvalue weighted by atomic mass is 16.6. The van der Waals surface area contributed by atoms with Crippen LogP contribution in [0.1, 0.15) is 5.56 Å². The van der Waals surface area contributed by atoms with Crippen LogP contribution >= 0.6 is 0 Å². The van der Waals surface area contributed by atoms with Gasteiger partial charge in [-0.25, -0.2) is 4.79 Å². The van der Waals surface area contributed by atoms with Gasteiger partial charge in [0.25, 0.3) is 0 Å². The van der Waals surface area contributed by atoms with Gasteiger partial charge in [0.05, 0.1) is 6.04 Å². The molecule has 2 aromatic rings. The van der Waals surface area contributed by atoms with Gasteiger partial charge >= 0.3 is 6.09 Å². The lowest BCUT2D eigenvalue weighted by Crippen LogP contribution is -2.39. The van der Waals surface area contributed by atoms with E-state index in [0.29, 0.717) is 5.75 Å². The van der Waals surface area contributed by atoms with Gasteiger partial charge in [0.2, 0.25) is 0 Å². The Balaban J connectivity index is 1.71. The molecule has 110 valence electrons. The van der Waals surface area contributed by atoms with E-state index >= 15 is 0 Å². The first-order valence-corrected chi connectivity index (χ1v) is 7.27. The normalized spacial score (nSPS) is 16.5. The van der Waals surface area contributed by atoms with Crippen molar-refractivity contribution in [3.05, 3.63) is 90.7 Å². The van der Waals surface area contributed by atoms with E-state index in [2.05, 4.69) is 12.1 Å². The summed E-state index contributed by atoms with van der Waals surface area (Å²) < 4.78 is 5.42. The summed E-state index contributed by atoms with van der Waals surface area (Å²) in [7, 11) is 0. The number of para-hydroxylation sites is 1. The second kappa shape index (κ2) is 6.76. The molecule has 1 amide bonds. The first-order valence-electron chi connectivity index (χ1n) is 7.27. The van der Waals surface area contributed by atoms with Crippen molar-refractivity contribution >= 4 is 6.09 Å². The minimum atomic E-state index is -0.368. The SMILES string of the molecule is O=C(Oc1ccccc1)N1C=CC=CC1Cc1ccccc1. The van der Waals surface area contributed by atoms with Crippen molar-refractivity contribution in [2.24, 2.45) is 0 Å². The molecule has 1 aliphatic heterocycles. The lowest BCUT2D eigenvalue weighted by atomic mass is 10.0. The Kier molecular flexibility index (Phi) is 4.35. The zero-order chi connectivity index (χ0) is 15.2. The summed E-state index contributed by atoms with van der Waals surface area (Å²) in [4.78, 5) is 14.0. The van der Waals surface area contributed by atoms with Crippen LogP contribution in [0.2, 0.25) is 0 Å². The molecule has 1 atom stereocenters. The van der Waals surface area contributed by atoms with E-state index in [1.165, 1.54) is 5.56 Å².